The summed E-state index contributed by atoms with van der Waals surface area (Å²) in [7, 11) is 0. The number of fused-ring (bicyclic) bond motifs is 1. The van der Waals surface area contributed by atoms with Gasteiger partial charge in [-0.2, -0.15) is 0 Å². The molecule has 0 fully saturated rings. The van der Waals surface area contributed by atoms with Crippen LogP contribution in [0.5, 0.6) is 0 Å². The SMILES string of the molecule is CCCCNC(=O)c1cc2c(n(-c3ccc(C(C)C)cc3)c1=O)CCCC2=O. The number of Topliss-reactive ketones (excluding diaryl/α,β-unsaturated/α-hetero) is 1. The summed E-state index contributed by atoms with van der Waals surface area (Å²) >= 11 is 0. The minimum absolute atomic E-state index is 0.00333. The number of aromatic nitrogens is 1. The third kappa shape index (κ3) is 3.93. The van der Waals surface area contributed by atoms with Crippen LogP contribution in [-0.2, 0) is 6.42 Å². The van der Waals surface area contributed by atoms with Crippen LogP contribution < -0.4 is 10.9 Å². The van der Waals surface area contributed by atoms with Gasteiger partial charge >= 0.3 is 0 Å². The Morgan fingerprint density at radius 2 is 1.86 bits per heavy atom. The number of hydrogen-bond donors (Lipinski definition) is 1. The molecule has 0 saturated heterocycles. The first-order chi connectivity index (χ1) is 13.4. The molecule has 1 amide bonds. The molecule has 28 heavy (non-hydrogen) atoms. The number of pyridine rings is 1. The number of benzene rings is 1. The third-order valence-corrected chi connectivity index (χ3v) is 5.30. The van der Waals surface area contributed by atoms with E-state index in [4.69, 9.17) is 0 Å². The molecule has 5 nitrogen and oxygen atoms in total. The molecule has 1 aliphatic rings. The molecule has 1 aromatic heterocycles. The van der Waals surface area contributed by atoms with Crippen LogP contribution in [-0.4, -0.2) is 22.8 Å². The summed E-state index contributed by atoms with van der Waals surface area (Å²) in [5.74, 6) is -0.0273. The van der Waals surface area contributed by atoms with Crippen molar-refractivity contribution in [3.63, 3.8) is 0 Å². The fourth-order valence-electron chi connectivity index (χ4n) is 3.61. The highest BCUT2D eigenvalue weighted by Gasteiger charge is 2.26. The summed E-state index contributed by atoms with van der Waals surface area (Å²) in [6.07, 6.45) is 3.63. The molecule has 1 aromatic carbocycles. The highest BCUT2D eigenvalue weighted by Crippen LogP contribution is 2.24. The van der Waals surface area contributed by atoms with E-state index in [0.717, 1.165) is 19.3 Å². The van der Waals surface area contributed by atoms with Crippen molar-refractivity contribution in [1.29, 1.82) is 0 Å². The Labute approximate surface area is 165 Å². The van der Waals surface area contributed by atoms with Gasteiger partial charge in [0, 0.05) is 29.9 Å². The van der Waals surface area contributed by atoms with Gasteiger partial charge in [-0.05, 0) is 48.9 Å². The van der Waals surface area contributed by atoms with Gasteiger partial charge in [-0.15, -0.1) is 0 Å². The number of ketones is 1. The first-order valence-electron chi connectivity index (χ1n) is 10.1. The van der Waals surface area contributed by atoms with E-state index in [9.17, 15) is 14.4 Å². The summed E-state index contributed by atoms with van der Waals surface area (Å²) in [4.78, 5) is 38.4. The maximum absolute atomic E-state index is 13.2. The minimum atomic E-state index is -0.410. The maximum Gasteiger partial charge on any atom is 0.268 e. The highest BCUT2D eigenvalue weighted by atomic mass is 16.2. The van der Waals surface area contributed by atoms with Crippen molar-refractivity contribution < 1.29 is 9.59 Å². The van der Waals surface area contributed by atoms with Gasteiger partial charge in [-0.1, -0.05) is 39.3 Å². The van der Waals surface area contributed by atoms with Crippen molar-refractivity contribution in [3.05, 3.63) is 63.1 Å². The second kappa shape index (κ2) is 8.55. The molecule has 0 radical (unpaired) electrons. The molecule has 1 N–H and O–H groups in total. The predicted molar refractivity (Wildman–Crippen MR) is 111 cm³/mol. The van der Waals surface area contributed by atoms with Gasteiger partial charge in [0.2, 0.25) is 0 Å². The van der Waals surface area contributed by atoms with Gasteiger partial charge in [0.15, 0.2) is 5.78 Å². The summed E-state index contributed by atoms with van der Waals surface area (Å²) < 4.78 is 1.56. The van der Waals surface area contributed by atoms with E-state index >= 15 is 0 Å². The van der Waals surface area contributed by atoms with Crippen molar-refractivity contribution in [1.82, 2.24) is 9.88 Å². The molecular formula is C23H28N2O3. The molecule has 0 atom stereocenters. The molecule has 2 aromatic rings. The van der Waals surface area contributed by atoms with E-state index < -0.39 is 5.91 Å². The smallest absolute Gasteiger partial charge is 0.268 e. The maximum atomic E-state index is 13.2. The van der Waals surface area contributed by atoms with Crippen LogP contribution in [0.2, 0.25) is 0 Å². The van der Waals surface area contributed by atoms with Crippen LogP contribution in [0, 0.1) is 0 Å². The number of nitrogens with zero attached hydrogens (tertiary/aromatic N) is 1. The average Bonchev–Trinajstić information content (AvgIpc) is 2.68. The van der Waals surface area contributed by atoms with Gasteiger partial charge in [0.1, 0.15) is 5.56 Å². The van der Waals surface area contributed by atoms with Gasteiger partial charge in [0.05, 0.1) is 0 Å². The number of carbonyl (C=O) groups is 2. The van der Waals surface area contributed by atoms with Crippen molar-refractivity contribution in [2.45, 2.75) is 58.8 Å². The normalized spacial score (nSPS) is 13.5. The van der Waals surface area contributed by atoms with Crippen molar-refractivity contribution in [3.8, 4) is 5.69 Å². The standard InChI is InChI=1S/C23H28N2O3/c1-4-5-13-24-22(27)19-14-18-20(7-6-8-21(18)26)25(23(19)28)17-11-9-16(10-12-17)15(2)3/h9-12,14-15H,4-8,13H2,1-3H3,(H,24,27). The molecule has 0 bridgehead atoms. The third-order valence-electron chi connectivity index (χ3n) is 5.30. The molecule has 0 spiro atoms. The Bertz CT molecular complexity index is 940. The quantitative estimate of drug-likeness (QED) is 0.770. The monoisotopic (exact) mass is 380 g/mol. The van der Waals surface area contributed by atoms with Gasteiger partial charge < -0.3 is 5.32 Å². The first-order valence-corrected chi connectivity index (χ1v) is 10.1. The Morgan fingerprint density at radius 1 is 1.14 bits per heavy atom. The van der Waals surface area contributed by atoms with E-state index in [2.05, 4.69) is 19.2 Å². The summed E-state index contributed by atoms with van der Waals surface area (Å²) in [6.45, 7) is 6.78. The zero-order chi connectivity index (χ0) is 20.3. The van der Waals surface area contributed by atoms with E-state index in [1.54, 1.807) is 4.57 Å². The predicted octanol–water partition coefficient (Wildman–Crippen LogP) is 4.01. The molecule has 0 aliphatic heterocycles. The molecule has 0 saturated carbocycles. The van der Waals surface area contributed by atoms with Crippen LogP contribution in [0.1, 0.15) is 84.3 Å². The second-order valence-corrected chi connectivity index (χ2v) is 7.69. The van der Waals surface area contributed by atoms with Crippen LogP contribution in [0.3, 0.4) is 0 Å². The van der Waals surface area contributed by atoms with Gasteiger partial charge in [0.25, 0.3) is 11.5 Å². The Balaban J connectivity index is 2.13. The fourth-order valence-corrected chi connectivity index (χ4v) is 3.61. The average molecular weight is 380 g/mol. The molecule has 0 unspecified atom stereocenters. The van der Waals surface area contributed by atoms with E-state index in [1.807, 2.05) is 31.2 Å². The molecular weight excluding hydrogens is 352 g/mol. The molecule has 5 heteroatoms. The van der Waals surface area contributed by atoms with Crippen LogP contribution in [0.15, 0.2) is 35.1 Å². The van der Waals surface area contributed by atoms with Crippen molar-refractivity contribution >= 4 is 11.7 Å². The molecule has 148 valence electrons. The van der Waals surface area contributed by atoms with Gasteiger partial charge in [-0.25, -0.2) is 0 Å². The largest absolute Gasteiger partial charge is 0.352 e. The second-order valence-electron chi connectivity index (χ2n) is 7.69. The zero-order valence-electron chi connectivity index (χ0n) is 16.9. The first kappa shape index (κ1) is 20.1. The van der Waals surface area contributed by atoms with Crippen LogP contribution in [0.4, 0.5) is 0 Å². The van der Waals surface area contributed by atoms with E-state index in [0.29, 0.717) is 42.2 Å². The summed E-state index contributed by atoms with van der Waals surface area (Å²) in [5.41, 5.74) is 2.76. The van der Waals surface area contributed by atoms with Crippen LogP contribution in [0.25, 0.3) is 5.69 Å². The number of rotatable bonds is 6. The number of unbranched alkanes of at least 4 members (excludes halogenated alkanes) is 1. The van der Waals surface area contributed by atoms with E-state index in [1.165, 1.54) is 11.6 Å². The lowest BCUT2D eigenvalue weighted by Gasteiger charge is -2.22. The lowest BCUT2D eigenvalue weighted by atomic mass is 9.92. The minimum Gasteiger partial charge on any atom is -0.352 e. The van der Waals surface area contributed by atoms with Crippen molar-refractivity contribution in [2.24, 2.45) is 0 Å². The Morgan fingerprint density at radius 3 is 2.50 bits per heavy atom. The fraction of sp³-hybridized carbons (Fsp3) is 0.435. The van der Waals surface area contributed by atoms with E-state index in [-0.39, 0.29) is 16.9 Å². The van der Waals surface area contributed by atoms with Gasteiger partial charge in [-0.3, -0.25) is 19.0 Å². The Kier molecular flexibility index (Phi) is 6.12. The van der Waals surface area contributed by atoms with Crippen molar-refractivity contribution in [2.75, 3.05) is 6.54 Å². The number of carbonyl (C=O) groups excluding carboxylic acids is 2. The summed E-state index contributed by atoms with van der Waals surface area (Å²) in [6, 6.07) is 9.29. The van der Waals surface area contributed by atoms with Crippen LogP contribution >= 0.6 is 0 Å². The number of amides is 1. The zero-order valence-corrected chi connectivity index (χ0v) is 16.9. The Hall–Kier alpha value is -2.69. The molecule has 1 heterocycles. The molecule has 1 aliphatic carbocycles. The summed E-state index contributed by atoms with van der Waals surface area (Å²) in [5, 5.41) is 2.80. The number of hydrogen-bond acceptors (Lipinski definition) is 3. The number of nitrogens with one attached hydrogen (secondary N) is 1. The molecule has 3 rings (SSSR count). The highest BCUT2D eigenvalue weighted by molar-refractivity contribution is 6.01. The lowest BCUT2D eigenvalue weighted by molar-refractivity contribution is 0.0951. The lowest BCUT2D eigenvalue weighted by Crippen LogP contribution is -2.36. The topological polar surface area (TPSA) is 68.2 Å².